The average Bonchev–Trinajstić information content (AvgIpc) is 3.06. The summed E-state index contributed by atoms with van der Waals surface area (Å²) in [6, 6.07) is 0. The molecule has 0 bridgehead atoms. The predicted molar refractivity (Wildman–Crippen MR) is 125 cm³/mol. The normalized spacial score (nSPS) is 50.2. The molecule has 0 aromatic heterocycles. The Morgan fingerprint density at radius 2 is 1.74 bits per heavy atom. The van der Waals surface area contributed by atoms with Crippen LogP contribution in [0.2, 0.25) is 0 Å². The van der Waals surface area contributed by atoms with E-state index in [-0.39, 0.29) is 12.1 Å². The fourth-order valence-corrected chi connectivity index (χ4v) is 9.88. The first-order chi connectivity index (χ1) is 14.7. The Balaban J connectivity index is 1.73. The maximum absolute atomic E-state index is 12.3. The summed E-state index contributed by atoms with van der Waals surface area (Å²) in [6.45, 7) is 14.2. The monoisotopic (exact) mass is 432 g/mol. The van der Waals surface area contributed by atoms with Crippen LogP contribution >= 0.6 is 0 Å². The van der Waals surface area contributed by atoms with Crippen LogP contribution in [-0.4, -0.2) is 23.8 Å². The summed E-state index contributed by atoms with van der Waals surface area (Å²) >= 11 is 0. The number of hydrogen-bond acceptors (Lipinski definition) is 3. The zero-order valence-electron chi connectivity index (χ0n) is 21.0. The molecule has 4 aliphatic carbocycles. The van der Waals surface area contributed by atoms with Gasteiger partial charge in [-0.25, -0.2) is 0 Å². The van der Waals surface area contributed by atoms with Gasteiger partial charge in [0.1, 0.15) is 6.10 Å². The molecule has 0 spiro atoms. The van der Waals surface area contributed by atoms with Crippen LogP contribution < -0.4 is 0 Å². The van der Waals surface area contributed by atoms with Crippen molar-refractivity contribution in [3.8, 4) is 0 Å². The molecule has 0 aliphatic heterocycles. The van der Waals surface area contributed by atoms with Crippen LogP contribution in [0.1, 0.15) is 99.3 Å². The van der Waals surface area contributed by atoms with Crippen LogP contribution in [0, 0.1) is 58.2 Å². The fourth-order valence-electron chi connectivity index (χ4n) is 9.88. The first kappa shape index (κ1) is 23.6. The van der Waals surface area contributed by atoms with Gasteiger partial charge >= 0.3 is 5.97 Å². The smallest absolute Gasteiger partial charge is 0.302 e. The average molecular weight is 433 g/mol. The third-order valence-corrected chi connectivity index (χ3v) is 11.3. The number of hydrogen-bond donors (Lipinski definition) is 1. The van der Waals surface area contributed by atoms with Crippen molar-refractivity contribution < 1.29 is 14.6 Å². The minimum absolute atomic E-state index is 0.0786. The standard InChI is InChI=1S/C28H48O3/c1-7-20-24-16-17(2)10-13-28(24,6)23-11-14-27(5)21(18(3)12-15-29)8-9-22(27)25(23)26(20)31-19(4)30/h17-18,20-26,29H,7-16H2,1-6H3/t17-,18-,20-,21-,22?,23?,24+,25?,26-,27-,28-/m1/s1. The topological polar surface area (TPSA) is 46.5 Å². The van der Waals surface area contributed by atoms with E-state index in [2.05, 4.69) is 34.6 Å². The second-order valence-electron chi connectivity index (χ2n) is 12.6. The summed E-state index contributed by atoms with van der Waals surface area (Å²) in [5.74, 6) is 5.07. The zero-order chi connectivity index (χ0) is 22.6. The number of carbonyl (C=O) groups is 1. The van der Waals surface area contributed by atoms with Gasteiger partial charge in [0.05, 0.1) is 0 Å². The quantitative estimate of drug-likeness (QED) is 0.506. The highest BCUT2D eigenvalue weighted by atomic mass is 16.5. The first-order valence-corrected chi connectivity index (χ1v) is 13.4. The van der Waals surface area contributed by atoms with Gasteiger partial charge in [0, 0.05) is 19.4 Å². The second kappa shape index (κ2) is 8.65. The van der Waals surface area contributed by atoms with Crippen molar-refractivity contribution in [2.75, 3.05) is 6.61 Å². The van der Waals surface area contributed by atoms with E-state index in [1.54, 1.807) is 6.92 Å². The van der Waals surface area contributed by atoms with E-state index >= 15 is 0 Å². The molecule has 0 heterocycles. The Morgan fingerprint density at radius 3 is 2.39 bits per heavy atom. The number of fused-ring (bicyclic) bond motifs is 5. The molecule has 3 unspecified atom stereocenters. The molecule has 0 aromatic carbocycles. The Labute approximate surface area is 191 Å². The van der Waals surface area contributed by atoms with Gasteiger partial charge in [-0.15, -0.1) is 0 Å². The number of aliphatic hydroxyl groups is 1. The lowest BCUT2D eigenvalue weighted by Gasteiger charge is -2.65. The third-order valence-electron chi connectivity index (χ3n) is 11.3. The SMILES string of the molecule is CC[C@H]1[C@@H](OC(C)=O)C2C3CC[C@H]([C@H](C)CCO)[C@@]3(C)CCC2[C@@]2(C)CC[C@@H](C)C[C@@H]12. The Hall–Kier alpha value is -0.570. The van der Waals surface area contributed by atoms with Crippen LogP contribution in [0.25, 0.3) is 0 Å². The Bertz CT molecular complexity index is 661. The summed E-state index contributed by atoms with van der Waals surface area (Å²) < 4.78 is 6.31. The fraction of sp³-hybridized carbons (Fsp3) is 0.964. The van der Waals surface area contributed by atoms with Crippen LogP contribution in [0.5, 0.6) is 0 Å². The minimum Gasteiger partial charge on any atom is -0.462 e. The molecule has 4 fully saturated rings. The Kier molecular flexibility index (Phi) is 6.58. The molecule has 4 saturated carbocycles. The van der Waals surface area contributed by atoms with E-state index in [1.165, 1.54) is 44.9 Å². The van der Waals surface area contributed by atoms with Gasteiger partial charge in [-0.05, 0) is 104 Å². The van der Waals surface area contributed by atoms with E-state index in [1.807, 2.05) is 0 Å². The predicted octanol–water partition coefficient (Wildman–Crippen LogP) is 6.48. The van der Waals surface area contributed by atoms with Crippen molar-refractivity contribution in [2.24, 2.45) is 58.2 Å². The van der Waals surface area contributed by atoms with E-state index in [0.717, 1.165) is 18.8 Å². The number of ether oxygens (including phenoxy) is 1. The molecular weight excluding hydrogens is 384 g/mol. The number of aliphatic hydroxyl groups excluding tert-OH is 1. The molecule has 4 aliphatic rings. The maximum atomic E-state index is 12.3. The van der Waals surface area contributed by atoms with Crippen molar-refractivity contribution >= 4 is 5.97 Å². The van der Waals surface area contributed by atoms with Crippen LogP contribution in [0.4, 0.5) is 0 Å². The van der Waals surface area contributed by atoms with Crippen LogP contribution in [-0.2, 0) is 9.53 Å². The van der Waals surface area contributed by atoms with Gasteiger partial charge in [0.25, 0.3) is 0 Å². The van der Waals surface area contributed by atoms with Gasteiger partial charge in [-0.3, -0.25) is 4.79 Å². The van der Waals surface area contributed by atoms with E-state index in [9.17, 15) is 9.90 Å². The first-order valence-electron chi connectivity index (χ1n) is 13.4. The van der Waals surface area contributed by atoms with Crippen molar-refractivity contribution in [2.45, 2.75) is 105 Å². The highest BCUT2D eigenvalue weighted by molar-refractivity contribution is 5.66. The third kappa shape index (κ3) is 3.69. The van der Waals surface area contributed by atoms with E-state index < -0.39 is 0 Å². The van der Waals surface area contributed by atoms with Crippen molar-refractivity contribution in [3.05, 3.63) is 0 Å². The molecule has 3 heteroatoms. The second-order valence-corrected chi connectivity index (χ2v) is 12.6. The van der Waals surface area contributed by atoms with E-state index in [0.29, 0.717) is 58.9 Å². The van der Waals surface area contributed by atoms with Crippen molar-refractivity contribution in [1.29, 1.82) is 0 Å². The molecule has 4 rings (SSSR count). The van der Waals surface area contributed by atoms with Gasteiger partial charge in [-0.1, -0.05) is 41.0 Å². The molecule has 3 nitrogen and oxygen atoms in total. The summed E-state index contributed by atoms with van der Waals surface area (Å²) in [6.07, 6.45) is 11.4. The largest absolute Gasteiger partial charge is 0.462 e. The lowest BCUT2D eigenvalue weighted by atomic mass is 9.41. The maximum Gasteiger partial charge on any atom is 0.302 e. The molecule has 0 radical (unpaired) electrons. The summed E-state index contributed by atoms with van der Waals surface area (Å²) in [4.78, 5) is 12.3. The summed E-state index contributed by atoms with van der Waals surface area (Å²) in [5.41, 5.74) is 0.738. The molecule has 178 valence electrons. The number of rotatable bonds is 5. The highest BCUT2D eigenvalue weighted by Crippen LogP contribution is 2.70. The summed E-state index contributed by atoms with van der Waals surface area (Å²) in [7, 11) is 0. The molecule has 11 atom stereocenters. The van der Waals surface area contributed by atoms with Gasteiger partial charge in [0.15, 0.2) is 0 Å². The van der Waals surface area contributed by atoms with Crippen molar-refractivity contribution in [3.63, 3.8) is 0 Å². The van der Waals surface area contributed by atoms with Gasteiger partial charge in [0.2, 0.25) is 0 Å². The van der Waals surface area contributed by atoms with Gasteiger partial charge in [-0.2, -0.15) is 0 Å². The lowest BCUT2D eigenvalue weighted by molar-refractivity contribution is -0.213. The number of carbonyl (C=O) groups excluding carboxylic acids is 1. The molecule has 1 N–H and O–H groups in total. The molecular formula is C28H48O3. The molecule has 0 amide bonds. The summed E-state index contributed by atoms with van der Waals surface area (Å²) in [5, 5.41) is 9.60. The Morgan fingerprint density at radius 1 is 1.06 bits per heavy atom. The van der Waals surface area contributed by atoms with Crippen LogP contribution in [0.3, 0.4) is 0 Å². The minimum atomic E-state index is -0.0786. The zero-order valence-corrected chi connectivity index (χ0v) is 21.0. The molecule has 0 saturated heterocycles. The lowest BCUT2D eigenvalue weighted by Crippen LogP contribution is -2.62. The highest BCUT2D eigenvalue weighted by Gasteiger charge is 2.65. The van der Waals surface area contributed by atoms with Crippen molar-refractivity contribution in [1.82, 2.24) is 0 Å². The number of esters is 1. The van der Waals surface area contributed by atoms with E-state index in [4.69, 9.17) is 4.74 Å². The molecule has 31 heavy (non-hydrogen) atoms. The van der Waals surface area contributed by atoms with Gasteiger partial charge < -0.3 is 9.84 Å². The van der Waals surface area contributed by atoms with Crippen LogP contribution in [0.15, 0.2) is 0 Å². The molecule has 0 aromatic rings.